The molecule has 1 heterocycles. The van der Waals surface area contributed by atoms with Gasteiger partial charge in [0.2, 0.25) is 0 Å². The van der Waals surface area contributed by atoms with Crippen LogP contribution in [0.4, 0.5) is 5.82 Å². The minimum absolute atomic E-state index is 0.260. The molecule has 0 saturated heterocycles. The second kappa shape index (κ2) is 5.78. The summed E-state index contributed by atoms with van der Waals surface area (Å²) in [6, 6.07) is 8.44. The number of nitrogens with one attached hydrogen (secondary N) is 1. The monoisotopic (exact) mass is 245 g/mol. The third-order valence-corrected chi connectivity index (χ3v) is 3.07. The predicted octanol–water partition coefficient (Wildman–Crippen LogP) is 2.78. The molecule has 18 heavy (non-hydrogen) atoms. The highest BCUT2D eigenvalue weighted by Crippen LogP contribution is 2.23. The summed E-state index contributed by atoms with van der Waals surface area (Å²) in [6.45, 7) is 4.77. The number of aryl methyl sites for hydroxylation is 1. The van der Waals surface area contributed by atoms with Crippen molar-refractivity contribution in [1.29, 1.82) is 0 Å². The van der Waals surface area contributed by atoms with E-state index < -0.39 is 0 Å². The molecule has 0 radical (unpaired) electrons. The van der Waals surface area contributed by atoms with Crippen LogP contribution in [-0.2, 0) is 4.74 Å². The highest BCUT2D eigenvalue weighted by Gasteiger charge is 2.10. The Balaban J connectivity index is 2.36. The quantitative estimate of drug-likeness (QED) is 0.880. The standard InChI is InChI=1S/C14H19N3O/c1-4-11(9-18-3)15-14-13-8-6-5-7-12(13)10(2)16-17-14/h5-8,11H,4,9H2,1-3H3,(H,15,17). The molecule has 0 spiro atoms. The van der Waals surface area contributed by atoms with Crippen molar-refractivity contribution in [3.63, 3.8) is 0 Å². The first kappa shape index (κ1) is 12.8. The minimum atomic E-state index is 0.260. The summed E-state index contributed by atoms with van der Waals surface area (Å²) < 4.78 is 5.19. The zero-order chi connectivity index (χ0) is 13.0. The molecule has 1 aromatic carbocycles. The van der Waals surface area contributed by atoms with Crippen LogP contribution >= 0.6 is 0 Å². The second-order valence-electron chi connectivity index (χ2n) is 4.38. The second-order valence-corrected chi connectivity index (χ2v) is 4.38. The van der Waals surface area contributed by atoms with Crippen molar-refractivity contribution >= 4 is 16.6 Å². The molecule has 0 bridgehead atoms. The van der Waals surface area contributed by atoms with Crippen molar-refractivity contribution in [3.05, 3.63) is 30.0 Å². The van der Waals surface area contributed by atoms with Gasteiger partial charge in [0, 0.05) is 17.9 Å². The number of nitrogens with zero attached hydrogens (tertiary/aromatic N) is 2. The fourth-order valence-corrected chi connectivity index (χ4v) is 2.00. The summed E-state index contributed by atoms with van der Waals surface area (Å²) in [6.07, 6.45) is 0.984. The van der Waals surface area contributed by atoms with Gasteiger partial charge < -0.3 is 10.1 Å². The number of aromatic nitrogens is 2. The lowest BCUT2D eigenvalue weighted by Crippen LogP contribution is -2.24. The van der Waals surface area contributed by atoms with Crippen LogP contribution in [0.2, 0.25) is 0 Å². The molecular formula is C14H19N3O. The Labute approximate surface area is 107 Å². The Bertz CT molecular complexity index is 527. The normalized spacial score (nSPS) is 12.6. The molecule has 0 fully saturated rings. The molecule has 0 saturated carbocycles. The van der Waals surface area contributed by atoms with E-state index in [9.17, 15) is 0 Å². The number of hydrogen-bond acceptors (Lipinski definition) is 4. The smallest absolute Gasteiger partial charge is 0.156 e. The number of ether oxygens (including phenoxy) is 1. The molecule has 4 heteroatoms. The molecule has 0 amide bonds. The molecule has 4 nitrogen and oxygen atoms in total. The molecular weight excluding hydrogens is 226 g/mol. The van der Waals surface area contributed by atoms with Gasteiger partial charge in [0.25, 0.3) is 0 Å². The topological polar surface area (TPSA) is 47.0 Å². The van der Waals surface area contributed by atoms with Gasteiger partial charge in [-0.1, -0.05) is 31.2 Å². The predicted molar refractivity (Wildman–Crippen MR) is 73.9 cm³/mol. The van der Waals surface area contributed by atoms with E-state index in [4.69, 9.17) is 4.74 Å². The van der Waals surface area contributed by atoms with E-state index in [0.717, 1.165) is 28.7 Å². The highest BCUT2D eigenvalue weighted by molar-refractivity contribution is 5.92. The molecule has 0 aliphatic carbocycles. The van der Waals surface area contributed by atoms with Crippen molar-refractivity contribution in [2.45, 2.75) is 26.3 Å². The molecule has 0 aliphatic heterocycles. The Hall–Kier alpha value is -1.68. The summed E-state index contributed by atoms with van der Waals surface area (Å²) in [5, 5.41) is 14.1. The highest BCUT2D eigenvalue weighted by atomic mass is 16.5. The summed E-state index contributed by atoms with van der Waals surface area (Å²) in [7, 11) is 1.71. The van der Waals surface area contributed by atoms with Crippen LogP contribution in [0.15, 0.2) is 24.3 Å². The van der Waals surface area contributed by atoms with Gasteiger partial charge in [0.05, 0.1) is 18.3 Å². The SMILES string of the molecule is CCC(COC)Nc1nnc(C)c2ccccc12. The lowest BCUT2D eigenvalue weighted by molar-refractivity contribution is 0.184. The number of rotatable bonds is 5. The van der Waals surface area contributed by atoms with Gasteiger partial charge in [-0.05, 0) is 13.3 Å². The van der Waals surface area contributed by atoms with E-state index >= 15 is 0 Å². The zero-order valence-electron chi connectivity index (χ0n) is 11.1. The maximum Gasteiger partial charge on any atom is 0.156 e. The lowest BCUT2D eigenvalue weighted by Gasteiger charge is -2.17. The lowest BCUT2D eigenvalue weighted by atomic mass is 10.1. The van der Waals surface area contributed by atoms with Gasteiger partial charge >= 0.3 is 0 Å². The summed E-state index contributed by atoms with van der Waals surface area (Å²) >= 11 is 0. The number of benzene rings is 1. The van der Waals surface area contributed by atoms with Crippen molar-refractivity contribution in [2.75, 3.05) is 19.0 Å². The maximum absolute atomic E-state index is 5.19. The largest absolute Gasteiger partial charge is 0.383 e. The van der Waals surface area contributed by atoms with Gasteiger partial charge in [0.15, 0.2) is 5.82 Å². The molecule has 96 valence electrons. The molecule has 2 rings (SSSR count). The van der Waals surface area contributed by atoms with Gasteiger partial charge in [-0.3, -0.25) is 0 Å². The Morgan fingerprint density at radius 1 is 1.22 bits per heavy atom. The summed E-state index contributed by atoms with van der Waals surface area (Å²) in [4.78, 5) is 0. The van der Waals surface area contributed by atoms with E-state index in [1.54, 1.807) is 7.11 Å². The van der Waals surface area contributed by atoms with Crippen molar-refractivity contribution in [1.82, 2.24) is 10.2 Å². The maximum atomic E-state index is 5.19. The van der Waals surface area contributed by atoms with Crippen LogP contribution in [0, 0.1) is 6.92 Å². The third kappa shape index (κ3) is 2.59. The molecule has 1 N–H and O–H groups in total. The van der Waals surface area contributed by atoms with Crippen molar-refractivity contribution in [3.8, 4) is 0 Å². The molecule has 1 atom stereocenters. The minimum Gasteiger partial charge on any atom is -0.383 e. The van der Waals surface area contributed by atoms with Gasteiger partial charge in [-0.2, -0.15) is 5.10 Å². The molecule has 1 unspecified atom stereocenters. The first-order valence-corrected chi connectivity index (χ1v) is 6.23. The zero-order valence-corrected chi connectivity index (χ0v) is 11.1. The van der Waals surface area contributed by atoms with Crippen LogP contribution in [0.25, 0.3) is 10.8 Å². The number of hydrogen-bond donors (Lipinski definition) is 1. The third-order valence-electron chi connectivity index (χ3n) is 3.07. The molecule has 2 aromatic rings. The van der Waals surface area contributed by atoms with Gasteiger partial charge in [-0.15, -0.1) is 5.10 Å². The van der Waals surface area contributed by atoms with Crippen molar-refractivity contribution in [2.24, 2.45) is 0 Å². The Morgan fingerprint density at radius 3 is 2.61 bits per heavy atom. The number of anilines is 1. The van der Waals surface area contributed by atoms with Crippen LogP contribution in [0.1, 0.15) is 19.0 Å². The summed E-state index contributed by atoms with van der Waals surface area (Å²) in [5.41, 5.74) is 0.955. The van der Waals surface area contributed by atoms with E-state index in [-0.39, 0.29) is 6.04 Å². The Kier molecular flexibility index (Phi) is 4.10. The molecule has 1 aromatic heterocycles. The van der Waals surface area contributed by atoms with E-state index in [1.807, 2.05) is 19.1 Å². The van der Waals surface area contributed by atoms with Gasteiger partial charge in [0.1, 0.15) is 0 Å². The average molecular weight is 245 g/mol. The fourth-order valence-electron chi connectivity index (χ4n) is 2.00. The van der Waals surface area contributed by atoms with Crippen LogP contribution in [0.5, 0.6) is 0 Å². The van der Waals surface area contributed by atoms with E-state index in [1.165, 1.54) is 0 Å². The molecule has 0 aliphatic rings. The fraction of sp³-hybridized carbons (Fsp3) is 0.429. The number of fused-ring (bicyclic) bond motifs is 1. The van der Waals surface area contributed by atoms with Crippen LogP contribution < -0.4 is 5.32 Å². The number of methoxy groups -OCH3 is 1. The van der Waals surface area contributed by atoms with E-state index in [2.05, 4.69) is 34.6 Å². The Morgan fingerprint density at radius 2 is 1.94 bits per heavy atom. The summed E-state index contributed by atoms with van der Waals surface area (Å²) in [5.74, 6) is 0.833. The van der Waals surface area contributed by atoms with Crippen LogP contribution in [-0.4, -0.2) is 30.0 Å². The average Bonchev–Trinajstić information content (AvgIpc) is 2.41. The van der Waals surface area contributed by atoms with Crippen LogP contribution in [0.3, 0.4) is 0 Å². The first-order chi connectivity index (χ1) is 8.76. The van der Waals surface area contributed by atoms with Crippen molar-refractivity contribution < 1.29 is 4.74 Å². The first-order valence-electron chi connectivity index (χ1n) is 6.23. The van der Waals surface area contributed by atoms with E-state index in [0.29, 0.717) is 6.61 Å². The van der Waals surface area contributed by atoms with Gasteiger partial charge in [-0.25, -0.2) is 0 Å².